The largest absolute Gasteiger partial charge is 0.497 e. The highest BCUT2D eigenvalue weighted by atomic mass is 16.7. The van der Waals surface area contributed by atoms with Crippen LogP contribution in [0.15, 0.2) is 166 Å². The highest BCUT2D eigenvalue weighted by molar-refractivity contribution is 6.22. The predicted octanol–water partition coefficient (Wildman–Crippen LogP) is 12.9. The number of carbonyl (C=O) groups is 2. The van der Waals surface area contributed by atoms with Gasteiger partial charge in [-0.15, -0.1) is 10.2 Å². The molecule has 1 aliphatic carbocycles. The van der Waals surface area contributed by atoms with Crippen molar-refractivity contribution in [3.05, 3.63) is 168 Å². The average molecular weight is 877 g/mol. The molecule has 0 bridgehead atoms. The maximum absolute atomic E-state index is 14.1. The number of ketones is 1. The molecule has 0 spiro atoms. The molecule has 0 aliphatic heterocycles. The monoisotopic (exact) mass is 876 g/mol. The van der Waals surface area contributed by atoms with Crippen LogP contribution in [0.1, 0.15) is 31.8 Å². The third-order valence-electron chi connectivity index (χ3n) is 11.6. The van der Waals surface area contributed by atoms with Gasteiger partial charge < -0.3 is 23.8 Å². The summed E-state index contributed by atoms with van der Waals surface area (Å²) in [5.41, 5.74) is 6.93. The number of benzene rings is 8. The van der Waals surface area contributed by atoms with E-state index in [1.807, 2.05) is 122 Å². The predicted molar refractivity (Wildman–Crippen MR) is 257 cm³/mol. The summed E-state index contributed by atoms with van der Waals surface area (Å²) in [7, 11) is 9.82. The van der Waals surface area contributed by atoms with Crippen LogP contribution in [0.25, 0.3) is 32.7 Å². The Labute approximate surface area is 381 Å². The Balaban J connectivity index is 0.988. The Bertz CT molecular complexity index is 3260. The quantitative estimate of drug-likeness (QED) is 0.0778. The molecule has 0 aromatic heterocycles. The fourth-order valence-corrected chi connectivity index (χ4v) is 8.13. The molecule has 0 heterocycles. The van der Waals surface area contributed by atoms with Crippen LogP contribution in [0, 0.1) is 0 Å². The van der Waals surface area contributed by atoms with Gasteiger partial charge in [0.2, 0.25) is 0 Å². The van der Waals surface area contributed by atoms with Gasteiger partial charge in [-0.2, -0.15) is 10.2 Å². The minimum absolute atomic E-state index is 0.173. The lowest BCUT2D eigenvalue weighted by Gasteiger charge is -2.21. The zero-order valence-electron chi connectivity index (χ0n) is 37.1. The first-order valence-corrected chi connectivity index (χ1v) is 21.0. The summed E-state index contributed by atoms with van der Waals surface area (Å²) in [6.45, 7) is 0.191. The van der Waals surface area contributed by atoms with Crippen molar-refractivity contribution >= 4 is 67.4 Å². The summed E-state index contributed by atoms with van der Waals surface area (Å²) >= 11 is 0. The molecule has 1 amide bonds. The van der Waals surface area contributed by atoms with Crippen molar-refractivity contribution in [1.29, 1.82) is 0 Å². The van der Waals surface area contributed by atoms with Gasteiger partial charge in [0.1, 0.15) is 29.5 Å². The van der Waals surface area contributed by atoms with Gasteiger partial charge in [0.05, 0.1) is 51.1 Å². The zero-order chi connectivity index (χ0) is 45.9. The number of hydrogen-bond donors (Lipinski definition) is 0. The maximum atomic E-state index is 14.1. The van der Waals surface area contributed by atoms with Crippen LogP contribution in [0.5, 0.6) is 23.0 Å². The fourth-order valence-electron chi connectivity index (χ4n) is 8.13. The number of hydrogen-bond acceptors (Lipinski definition) is 12. The SMILES string of the molecule is COc1cccc(N(C)OCc2cc3ccccc3c(N=Nc3ccc4c(c3)C(=O)c3cc(N=Nc5c(OC)c(C(=O)N(C)c6cccc(OC)c6)cc6ccccc56)ccc3-4)c2OC)c1. The van der Waals surface area contributed by atoms with Crippen LogP contribution in [0.3, 0.4) is 0 Å². The van der Waals surface area contributed by atoms with Gasteiger partial charge in [-0.1, -0.05) is 72.8 Å². The molecule has 0 fully saturated rings. The minimum atomic E-state index is -0.304. The minimum Gasteiger partial charge on any atom is -0.497 e. The second-order valence-corrected chi connectivity index (χ2v) is 15.4. The Kier molecular flexibility index (Phi) is 11.9. The molecule has 9 rings (SSSR count). The van der Waals surface area contributed by atoms with E-state index in [9.17, 15) is 9.59 Å². The van der Waals surface area contributed by atoms with Gasteiger partial charge in [-0.05, 0) is 82.6 Å². The summed E-state index contributed by atoms with van der Waals surface area (Å²) in [5.74, 6) is 1.66. The number of rotatable bonds is 14. The standard InChI is InChI=1S/C53H44N6O7/c1-58(37-15-11-17-39(29-37)62-3)53(61)47-26-33-14-8-10-20-42(33)49(52(47)65-6)57-55-36-22-24-44-43-23-21-35(27-45(43)50(60)46(44)28-36)54-56-48-41-19-9-7-13-32(41)25-34(51(48)64-5)31-66-59(2)38-16-12-18-40(30-38)63-4/h7-30H,31H2,1-6H3. The molecule has 13 heteroatoms. The average Bonchev–Trinajstić information content (AvgIpc) is 3.64. The van der Waals surface area contributed by atoms with Crippen LogP contribution in [-0.4, -0.2) is 54.2 Å². The van der Waals surface area contributed by atoms with Gasteiger partial charge in [0.25, 0.3) is 5.91 Å². The van der Waals surface area contributed by atoms with E-state index in [0.717, 1.165) is 49.7 Å². The van der Waals surface area contributed by atoms with E-state index in [4.69, 9.17) is 28.9 Å². The number of fused-ring (bicyclic) bond motifs is 5. The zero-order valence-corrected chi connectivity index (χ0v) is 37.1. The number of ether oxygens (including phenoxy) is 4. The molecule has 0 saturated carbocycles. The Hall–Kier alpha value is -8.42. The molecule has 13 nitrogen and oxygen atoms in total. The highest BCUT2D eigenvalue weighted by Crippen LogP contribution is 2.45. The van der Waals surface area contributed by atoms with Gasteiger partial charge in [-0.25, -0.2) is 0 Å². The summed E-state index contributed by atoms with van der Waals surface area (Å²) in [4.78, 5) is 35.9. The van der Waals surface area contributed by atoms with E-state index in [1.165, 1.54) is 12.0 Å². The Morgan fingerprint density at radius 2 is 1.05 bits per heavy atom. The normalized spacial score (nSPS) is 11.9. The van der Waals surface area contributed by atoms with E-state index in [0.29, 0.717) is 56.6 Å². The molecule has 0 radical (unpaired) electrons. The number of hydroxylamine groups is 1. The molecule has 0 atom stereocenters. The molecule has 328 valence electrons. The third-order valence-corrected chi connectivity index (χ3v) is 11.6. The van der Waals surface area contributed by atoms with Crippen LogP contribution >= 0.6 is 0 Å². The van der Waals surface area contributed by atoms with Crippen molar-refractivity contribution < 1.29 is 33.4 Å². The maximum Gasteiger partial charge on any atom is 0.261 e. The lowest BCUT2D eigenvalue weighted by Crippen LogP contribution is -2.26. The van der Waals surface area contributed by atoms with E-state index < -0.39 is 0 Å². The first-order valence-electron chi connectivity index (χ1n) is 21.0. The first kappa shape index (κ1) is 42.9. The highest BCUT2D eigenvalue weighted by Gasteiger charge is 2.28. The van der Waals surface area contributed by atoms with Gasteiger partial charge in [-0.3, -0.25) is 19.5 Å². The molecule has 66 heavy (non-hydrogen) atoms. The molecule has 8 aromatic rings. The second kappa shape index (κ2) is 18.4. The lowest BCUT2D eigenvalue weighted by atomic mass is 10.0. The molecule has 8 aromatic carbocycles. The first-order chi connectivity index (χ1) is 32.2. The van der Waals surface area contributed by atoms with Crippen LogP contribution in [0.2, 0.25) is 0 Å². The Morgan fingerprint density at radius 3 is 1.62 bits per heavy atom. The van der Waals surface area contributed by atoms with Crippen molar-refractivity contribution in [3.8, 4) is 34.1 Å². The lowest BCUT2D eigenvalue weighted by molar-refractivity contribution is 0.0989. The van der Waals surface area contributed by atoms with Crippen LogP contribution < -0.4 is 28.9 Å². The van der Waals surface area contributed by atoms with Crippen molar-refractivity contribution in [2.24, 2.45) is 20.5 Å². The van der Waals surface area contributed by atoms with E-state index in [2.05, 4.69) is 15.3 Å². The van der Waals surface area contributed by atoms with Crippen LogP contribution in [-0.2, 0) is 11.4 Å². The Morgan fingerprint density at radius 1 is 0.515 bits per heavy atom. The van der Waals surface area contributed by atoms with Crippen LogP contribution in [0.4, 0.5) is 34.1 Å². The molecule has 0 saturated heterocycles. The van der Waals surface area contributed by atoms with E-state index in [-0.39, 0.29) is 24.0 Å². The third kappa shape index (κ3) is 8.14. The van der Waals surface area contributed by atoms with Crippen molar-refractivity contribution in [2.75, 3.05) is 52.5 Å². The smallest absolute Gasteiger partial charge is 0.261 e. The molecule has 1 aliphatic rings. The summed E-state index contributed by atoms with van der Waals surface area (Å²) in [6.07, 6.45) is 0. The topological polar surface area (TPSA) is 136 Å². The van der Waals surface area contributed by atoms with Crippen molar-refractivity contribution in [1.82, 2.24) is 0 Å². The summed E-state index contributed by atoms with van der Waals surface area (Å²) < 4.78 is 22.6. The van der Waals surface area contributed by atoms with E-state index in [1.54, 1.807) is 63.8 Å². The van der Waals surface area contributed by atoms with Crippen molar-refractivity contribution in [3.63, 3.8) is 0 Å². The second-order valence-electron chi connectivity index (χ2n) is 15.4. The number of amides is 1. The molecular formula is C53H44N6O7. The van der Waals surface area contributed by atoms with Gasteiger partial charge >= 0.3 is 0 Å². The van der Waals surface area contributed by atoms with Crippen molar-refractivity contribution in [2.45, 2.75) is 6.61 Å². The number of azo groups is 2. The van der Waals surface area contributed by atoms with Gasteiger partial charge in [0, 0.05) is 59.4 Å². The number of nitrogens with zero attached hydrogens (tertiary/aromatic N) is 6. The van der Waals surface area contributed by atoms with E-state index >= 15 is 0 Å². The fraction of sp³-hybridized carbons (Fsp3) is 0.132. The summed E-state index contributed by atoms with van der Waals surface area (Å²) in [5, 5.41) is 23.6. The molecular weight excluding hydrogens is 833 g/mol. The number of anilines is 2. The number of carbonyl (C=O) groups excluding carboxylic acids is 2. The number of methoxy groups -OCH3 is 4. The molecule has 0 unspecified atom stereocenters. The van der Waals surface area contributed by atoms with Gasteiger partial charge in [0.15, 0.2) is 17.3 Å². The summed E-state index contributed by atoms with van der Waals surface area (Å²) in [6, 6.07) is 45.0. The molecule has 0 N–H and O–H groups in total.